The molecule has 0 amide bonds. The highest BCUT2D eigenvalue weighted by Gasteiger charge is 2.23. The minimum absolute atomic E-state index is 0.380. The predicted octanol–water partition coefficient (Wildman–Crippen LogP) is 3.97. The van der Waals surface area contributed by atoms with Gasteiger partial charge in [-0.05, 0) is 37.9 Å². The highest BCUT2D eigenvalue weighted by atomic mass is 35.5. The Bertz CT molecular complexity index is 329. The van der Waals surface area contributed by atoms with E-state index >= 15 is 0 Å². The normalized spacial score (nSPS) is 19.9. The van der Waals surface area contributed by atoms with E-state index in [-0.39, 0.29) is 0 Å². The Hall–Kier alpha value is -0.600. The van der Waals surface area contributed by atoms with Crippen molar-refractivity contribution in [2.24, 2.45) is 5.92 Å². The largest absolute Gasteiger partial charge is 0.311 e. The van der Waals surface area contributed by atoms with Crippen LogP contribution in [0, 0.1) is 5.92 Å². The lowest BCUT2D eigenvalue weighted by molar-refractivity contribution is 0.336. The van der Waals surface area contributed by atoms with Gasteiger partial charge in [-0.1, -0.05) is 37.3 Å². The molecule has 1 unspecified atom stereocenters. The predicted molar refractivity (Wildman–Crippen MR) is 72.2 cm³/mol. The molecule has 0 saturated heterocycles. The van der Waals surface area contributed by atoms with Crippen molar-refractivity contribution in [3.05, 3.63) is 29.0 Å². The summed E-state index contributed by atoms with van der Waals surface area (Å²) in [6.07, 6.45) is 9.87. The number of hydrogen-bond acceptors (Lipinski definition) is 2. The van der Waals surface area contributed by atoms with E-state index in [9.17, 15) is 0 Å². The lowest BCUT2D eigenvalue weighted by Gasteiger charge is -2.25. The zero-order chi connectivity index (χ0) is 12.1. The van der Waals surface area contributed by atoms with Crippen LogP contribution in [0.5, 0.6) is 0 Å². The molecule has 1 heterocycles. The highest BCUT2D eigenvalue weighted by molar-refractivity contribution is 6.30. The first-order valence-corrected chi connectivity index (χ1v) is 6.98. The van der Waals surface area contributed by atoms with Crippen LogP contribution in [0.3, 0.4) is 0 Å². The van der Waals surface area contributed by atoms with Crippen LogP contribution >= 0.6 is 11.6 Å². The monoisotopic (exact) mass is 252 g/mol. The van der Waals surface area contributed by atoms with Crippen LogP contribution in [-0.4, -0.2) is 12.0 Å². The van der Waals surface area contributed by atoms with Crippen molar-refractivity contribution in [2.45, 2.75) is 44.6 Å². The van der Waals surface area contributed by atoms with E-state index in [1.165, 1.54) is 38.5 Å². The molecule has 1 aliphatic rings. The summed E-state index contributed by atoms with van der Waals surface area (Å²) in [5.74, 6) is 0.719. The van der Waals surface area contributed by atoms with Crippen molar-refractivity contribution in [1.29, 1.82) is 0 Å². The zero-order valence-electron chi connectivity index (χ0n) is 10.5. The molecule has 0 radical (unpaired) electrons. The van der Waals surface area contributed by atoms with Crippen molar-refractivity contribution < 1.29 is 0 Å². The van der Waals surface area contributed by atoms with Crippen LogP contribution in [-0.2, 0) is 0 Å². The molecule has 1 saturated carbocycles. The molecule has 0 bridgehead atoms. The third-order valence-corrected chi connectivity index (χ3v) is 3.97. The zero-order valence-corrected chi connectivity index (χ0v) is 11.2. The second kappa shape index (κ2) is 6.36. The third-order valence-electron chi connectivity index (χ3n) is 3.75. The number of rotatable bonds is 3. The fourth-order valence-electron chi connectivity index (χ4n) is 2.84. The SMILES string of the molecule is CNC(c1ccc(Cl)cn1)C1CCCCCC1. The van der Waals surface area contributed by atoms with Gasteiger partial charge in [0.2, 0.25) is 0 Å². The summed E-state index contributed by atoms with van der Waals surface area (Å²) in [7, 11) is 2.03. The Morgan fingerprint density at radius 2 is 1.94 bits per heavy atom. The second-order valence-corrected chi connectivity index (χ2v) is 5.36. The van der Waals surface area contributed by atoms with Gasteiger partial charge in [0.15, 0.2) is 0 Å². The fourth-order valence-corrected chi connectivity index (χ4v) is 2.95. The van der Waals surface area contributed by atoms with E-state index in [0.717, 1.165) is 11.6 Å². The number of halogens is 1. The van der Waals surface area contributed by atoms with Gasteiger partial charge in [-0.25, -0.2) is 0 Å². The van der Waals surface area contributed by atoms with Gasteiger partial charge >= 0.3 is 0 Å². The average molecular weight is 253 g/mol. The maximum absolute atomic E-state index is 5.89. The number of hydrogen-bond donors (Lipinski definition) is 1. The van der Waals surface area contributed by atoms with Crippen LogP contribution < -0.4 is 5.32 Å². The number of nitrogens with one attached hydrogen (secondary N) is 1. The first kappa shape index (κ1) is 12.8. The molecule has 3 heteroatoms. The van der Waals surface area contributed by atoms with Crippen molar-refractivity contribution in [2.75, 3.05) is 7.05 Å². The molecule has 0 aliphatic heterocycles. The molecule has 1 aliphatic carbocycles. The third kappa shape index (κ3) is 3.43. The maximum Gasteiger partial charge on any atom is 0.0589 e. The Kier molecular flexibility index (Phi) is 4.81. The molecule has 2 nitrogen and oxygen atoms in total. The molecule has 1 fully saturated rings. The molecule has 1 aromatic rings. The minimum atomic E-state index is 0.380. The van der Waals surface area contributed by atoms with Crippen LogP contribution in [0.1, 0.15) is 50.3 Å². The summed E-state index contributed by atoms with van der Waals surface area (Å²) in [5.41, 5.74) is 1.13. The van der Waals surface area contributed by atoms with Crippen molar-refractivity contribution in [3.63, 3.8) is 0 Å². The van der Waals surface area contributed by atoms with Gasteiger partial charge in [0, 0.05) is 6.20 Å². The smallest absolute Gasteiger partial charge is 0.0589 e. The van der Waals surface area contributed by atoms with Crippen molar-refractivity contribution in [3.8, 4) is 0 Å². The van der Waals surface area contributed by atoms with Gasteiger partial charge in [-0.3, -0.25) is 4.98 Å². The average Bonchev–Trinajstić information content (AvgIpc) is 2.62. The molecule has 1 aromatic heterocycles. The van der Waals surface area contributed by atoms with E-state index in [0.29, 0.717) is 11.1 Å². The van der Waals surface area contributed by atoms with Crippen LogP contribution in [0.15, 0.2) is 18.3 Å². The Labute approximate surface area is 109 Å². The molecule has 1 N–H and O–H groups in total. The fraction of sp³-hybridized carbons (Fsp3) is 0.643. The second-order valence-electron chi connectivity index (χ2n) is 4.92. The lowest BCUT2D eigenvalue weighted by atomic mass is 9.89. The standard InChI is InChI=1S/C14H21ClN2/c1-16-14(11-6-4-2-3-5-7-11)13-9-8-12(15)10-17-13/h8-11,14,16H,2-7H2,1H3. The molecule has 0 aromatic carbocycles. The highest BCUT2D eigenvalue weighted by Crippen LogP contribution is 2.32. The topological polar surface area (TPSA) is 24.9 Å². The van der Waals surface area contributed by atoms with Crippen LogP contribution in [0.2, 0.25) is 5.02 Å². The van der Waals surface area contributed by atoms with Crippen molar-refractivity contribution >= 4 is 11.6 Å². The van der Waals surface area contributed by atoms with Gasteiger partial charge < -0.3 is 5.32 Å². The summed E-state index contributed by atoms with van der Waals surface area (Å²) in [6.45, 7) is 0. The number of nitrogens with zero attached hydrogens (tertiary/aromatic N) is 1. The van der Waals surface area contributed by atoms with E-state index in [1.54, 1.807) is 6.20 Å². The van der Waals surface area contributed by atoms with Crippen molar-refractivity contribution in [1.82, 2.24) is 10.3 Å². The maximum atomic E-state index is 5.89. The number of aromatic nitrogens is 1. The molecule has 1 atom stereocenters. The summed E-state index contributed by atoms with van der Waals surface area (Å²) in [6, 6.07) is 4.37. The molecule has 17 heavy (non-hydrogen) atoms. The van der Waals surface area contributed by atoms with E-state index in [2.05, 4.69) is 10.3 Å². The Morgan fingerprint density at radius 3 is 2.47 bits per heavy atom. The Balaban J connectivity index is 2.11. The van der Waals surface area contributed by atoms with Gasteiger partial charge in [-0.15, -0.1) is 0 Å². The summed E-state index contributed by atoms with van der Waals surface area (Å²) < 4.78 is 0. The minimum Gasteiger partial charge on any atom is -0.311 e. The summed E-state index contributed by atoms with van der Waals surface area (Å²) >= 11 is 5.89. The molecular formula is C14H21ClN2. The van der Waals surface area contributed by atoms with E-state index in [4.69, 9.17) is 11.6 Å². The Morgan fingerprint density at radius 1 is 1.24 bits per heavy atom. The van der Waals surface area contributed by atoms with Crippen LogP contribution in [0.25, 0.3) is 0 Å². The summed E-state index contributed by atoms with van der Waals surface area (Å²) in [5, 5.41) is 4.14. The first-order chi connectivity index (χ1) is 8.31. The first-order valence-electron chi connectivity index (χ1n) is 6.60. The molecule has 0 spiro atoms. The van der Waals surface area contributed by atoms with Gasteiger partial charge in [-0.2, -0.15) is 0 Å². The molecule has 2 rings (SSSR count). The van der Waals surface area contributed by atoms with Gasteiger partial charge in [0.05, 0.1) is 16.8 Å². The van der Waals surface area contributed by atoms with Crippen LogP contribution in [0.4, 0.5) is 0 Å². The quantitative estimate of drug-likeness (QED) is 0.824. The molecule has 94 valence electrons. The van der Waals surface area contributed by atoms with E-state index < -0.39 is 0 Å². The lowest BCUT2D eigenvalue weighted by Crippen LogP contribution is -2.25. The van der Waals surface area contributed by atoms with E-state index in [1.807, 2.05) is 19.2 Å². The van der Waals surface area contributed by atoms with Gasteiger partial charge in [0.1, 0.15) is 0 Å². The molecular weight excluding hydrogens is 232 g/mol. The number of pyridine rings is 1. The summed E-state index contributed by atoms with van der Waals surface area (Å²) in [4.78, 5) is 4.46. The van der Waals surface area contributed by atoms with Gasteiger partial charge in [0.25, 0.3) is 0 Å².